The lowest BCUT2D eigenvalue weighted by molar-refractivity contribution is 0.691. The van der Waals surface area contributed by atoms with Crippen LogP contribution >= 0.6 is 31.9 Å². The molecule has 2 heteroatoms. The smallest absolute Gasteiger partial charge is 0.0588 e. The van der Waals surface area contributed by atoms with E-state index >= 15 is 0 Å². The zero-order chi connectivity index (χ0) is 7.40. The molecule has 0 saturated heterocycles. The molecule has 2 unspecified atom stereocenters. The summed E-state index contributed by atoms with van der Waals surface area (Å²) >= 11 is 6.12. The summed E-state index contributed by atoms with van der Waals surface area (Å²) in [7, 11) is 0. The fraction of sp³-hybridized carbons (Fsp3) is 0.750. The van der Waals surface area contributed by atoms with E-state index in [2.05, 4.69) is 44.0 Å². The number of hydrogen-bond acceptors (Lipinski definition) is 0. The average molecular weight is 268 g/mol. The van der Waals surface area contributed by atoms with Crippen LogP contribution in [0.4, 0.5) is 0 Å². The Labute approximate surface area is 79.3 Å². The van der Waals surface area contributed by atoms with Gasteiger partial charge in [0.2, 0.25) is 0 Å². The summed E-state index contributed by atoms with van der Waals surface area (Å²) in [5.41, 5.74) is 0. The molecule has 2 aliphatic rings. The van der Waals surface area contributed by atoms with Crippen LogP contribution in [0, 0.1) is 11.8 Å². The molecule has 0 amide bonds. The lowest BCUT2D eigenvalue weighted by atomic mass is 10.1. The first-order valence-corrected chi connectivity index (χ1v) is 5.91. The average Bonchev–Trinajstić information content (AvgIpc) is 2.49. The van der Waals surface area contributed by atoms with Gasteiger partial charge in [-0.3, -0.25) is 0 Å². The molecule has 2 atom stereocenters. The van der Waals surface area contributed by atoms with Crippen molar-refractivity contribution in [3.8, 4) is 0 Å². The number of alkyl halides is 2. The Bertz CT molecular complexity index is 108. The third-order valence-corrected chi connectivity index (χ3v) is 2.17. The summed E-state index contributed by atoms with van der Waals surface area (Å²) in [6.45, 7) is 0. The van der Waals surface area contributed by atoms with Gasteiger partial charge in [0, 0.05) is 0 Å². The van der Waals surface area contributed by atoms with Crippen LogP contribution in [-0.4, -0.2) is 4.24 Å². The number of halogens is 2. The van der Waals surface area contributed by atoms with Crippen molar-refractivity contribution in [3.63, 3.8) is 0 Å². The normalized spacial score (nSPS) is 33.8. The van der Waals surface area contributed by atoms with E-state index in [1.807, 2.05) is 0 Å². The predicted octanol–water partition coefficient (Wildman–Crippen LogP) is 3.71. The molecule has 0 aliphatic heterocycles. The maximum absolute atomic E-state index is 3.06. The van der Waals surface area contributed by atoms with Gasteiger partial charge in [-0.05, 0) is 31.1 Å². The molecule has 1 saturated carbocycles. The minimum Gasteiger partial charge on any atom is -0.0851 e. The molecule has 2 bridgehead atoms. The van der Waals surface area contributed by atoms with Gasteiger partial charge in [0.05, 0.1) is 4.24 Å². The lowest BCUT2D eigenvalue weighted by Gasteiger charge is -1.96. The van der Waals surface area contributed by atoms with Crippen LogP contribution in [0.25, 0.3) is 0 Å². The molecule has 58 valence electrons. The Kier molecular flexibility index (Phi) is 4.00. The fourth-order valence-corrected chi connectivity index (χ4v) is 1.72. The lowest BCUT2D eigenvalue weighted by Crippen LogP contribution is -1.82. The van der Waals surface area contributed by atoms with E-state index in [1.54, 1.807) is 0 Å². The van der Waals surface area contributed by atoms with Crippen LogP contribution in [-0.2, 0) is 0 Å². The van der Waals surface area contributed by atoms with Crippen molar-refractivity contribution in [2.24, 2.45) is 11.8 Å². The minimum absolute atomic E-state index is 0.875. The van der Waals surface area contributed by atoms with Crippen molar-refractivity contribution in [1.82, 2.24) is 0 Å². The van der Waals surface area contributed by atoms with Crippen molar-refractivity contribution in [3.05, 3.63) is 12.2 Å². The van der Waals surface area contributed by atoms with Crippen molar-refractivity contribution < 1.29 is 0 Å². The van der Waals surface area contributed by atoms with Gasteiger partial charge in [-0.25, -0.2) is 0 Å². The van der Waals surface area contributed by atoms with Gasteiger partial charge in [0.25, 0.3) is 0 Å². The van der Waals surface area contributed by atoms with E-state index < -0.39 is 0 Å². The van der Waals surface area contributed by atoms with Crippen LogP contribution in [0.15, 0.2) is 12.2 Å². The molecule has 10 heavy (non-hydrogen) atoms. The van der Waals surface area contributed by atoms with Crippen molar-refractivity contribution in [1.29, 1.82) is 0 Å². The molecule has 0 N–H and O–H groups in total. The largest absolute Gasteiger partial charge is 0.0851 e. The highest BCUT2D eigenvalue weighted by molar-refractivity contribution is 9.24. The van der Waals surface area contributed by atoms with E-state index in [0.29, 0.717) is 0 Å². The summed E-state index contributed by atoms with van der Waals surface area (Å²) in [4.78, 5) is 0. The number of allylic oxidation sites excluding steroid dienone is 2. The Hall–Kier alpha value is 0.700. The number of rotatable bonds is 0. The second kappa shape index (κ2) is 4.55. The molecule has 0 radical (unpaired) electrons. The van der Waals surface area contributed by atoms with Gasteiger partial charge in [0.15, 0.2) is 0 Å². The van der Waals surface area contributed by atoms with Crippen LogP contribution in [0.2, 0.25) is 0 Å². The Morgan fingerprint density at radius 3 is 1.60 bits per heavy atom. The van der Waals surface area contributed by atoms with Crippen molar-refractivity contribution >= 4 is 31.9 Å². The zero-order valence-corrected chi connectivity index (χ0v) is 9.07. The molecule has 0 spiro atoms. The second-order valence-electron chi connectivity index (χ2n) is 2.82. The molecule has 0 aromatic rings. The van der Waals surface area contributed by atoms with E-state index in [1.165, 1.54) is 19.3 Å². The van der Waals surface area contributed by atoms with E-state index in [9.17, 15) is 0 Å². The maximum atomic E-state index is 3.06. The minimum atomic E-state index is 0.875. The second-order valence-corrected chi connectivity index (χ2v) is 5.45. The highest BCUT2D eigenvalue weighted by Gasteiger charge is 2.25. The summed E-state index contributed by atoms with van der Waals surface area (Å²) in [6, 6.07) is 0. The predicted molar refractivity (Wildman–Crippen MR) is 52.7 cm³/mol. The highest BCUT2D eigenvalue weighted by Crippen LogP contribution is 2.38. The molecule has 0 aromatic heterocycles. The summed E-state index contributed by atoms with van der Waals surface area (Å²) in [5.74, 6) is 1.98. The maximum Gasteiger partial charge on any atom is 0.0588 e. The first kappa shape index (κ1) is 8.79. The van der Waals surface area contributed by atoms with Gasteiger partial charge in [-0.15, -0.1) is 0 Å². The summed E-state index contributed by atoms with van der Waals surface area (Å²) in [5, 5.41) is 0. The van der Waals surface area contributed by atoms with Gasteiger partial charge in [-0.1, -0.05) is 44.0 Å². The van der Waals surface area contributed by atoms with Crippen LogP contribution in [0.3, 0.4) is 0 Å². The number of fused-ring (bicyclic) bond motifs is 2. The van der Waals surface area contributed by atoms with E-state index in [4.69, 9.17) is 0 Å². The fourth-order valence-electron chi connectivity index (χ4n) is 1.72. The Balaban J connectivity index is 0.000000148. The van der Waals surface area contributed by atoms with Crippen LogP contribution in [0.1, 0.15) is 19.3 Å². The summed E-state index contributed by atoms with van der Waals surface area (Å²) < 4.78 is 0.875. The van der Waals surface area contributed by atoms with Crippen molar-refractivity contribution in [2.45, 2.75) is 19.3 Å². The molecular formula is C8H12Br2. The topological polar surface area (TPSA) is 0 Å². The third kappa shape index (κ3) is 2.39. The first-order valence-electron chi connectivity index (χ1n) is 3.67. The molecule has 0 aromatic carbocycles. The van der Waals surface area contributed by atoms with Crippen LogP contribution < -0.4 is 0 Å². The number of hydrogen-bond donors (Lipinski definition) is 0. The molecule has 2 aliphatic carbocycles. The summed E-state index contributed by atoms with van der Waals surface area (Å²) in [6.07, 6.45) is 9.19. The van der Waals surface area contributed by atoms with Crippen LogP contribution in [0.5, 0.6) is 0 Å². The zero-order valence-electron chi connectivity index (χ0n) is 5.89. The monoisotopic (exact) mass is 266 g/mol. The Morgan fingerprint density at radius 2 is 1.50 bits per heavy atom. The third-order valence-electron chi connectivity index (χ3n) is 2.17. The van der Waals surface area contributed by atoms with E-state index in [0.717, 1.165) is 16.1 Å². The molecule has 0 nitrogen and oxygen atoms in total. The molecular weight excluding hydrogens is 256 g/mol. The van der Waals surface area contributed by atoms with Crippen molar-refractivity contribution in [2.75, 3.05) is 4.24 Å². The first-order chi connectivity index (χ1) is 4.86. The van der Waals surface area contributed by atoms with Gasteiger partial charge >= 0.3 is 0 Å². The van der Waals surface area contributed by atoms with Gasteiger partial charge in [0.1, 0.15) is 0 Å². The standard InChI is InChI=1S/C7H10.CH2Br2/c1-2-7-4-3-6(1)5-7;2-1-3/h1-2,6-7H,3-5H2;1H2. The molecule has 0 heterocycles. The van der Waals surface area contributed by atoms with Gasteiger partial charge in [-0.2, -0.15) is 0 Å². The van der Waals surface area contributed by atoms with Gasteiger partial charge < -0.3 is 0 Å². The highest BCUT2D eigenvalue weighted by atomic mass is 79.9. The Morgan fingerprint density at radius 1 is 1.10 bits per heavy atom. The quantitative estimate of drug-likeness (QED) is 0.464. The van der Waals surface area contributed by atoms with E-state index in [-0.39, 0.29) is 0 Å². The SMILES string of the molecule is BrCBr.C1=CC2CCC1C2. The molecule has 1 fully saturated rings. The molecule has 2 rings (SSSR count).